The monoisotopic (exact) mass is 231 g/mol. The third-order valence-electron chi connectivity index (χ3n) is 1.26. The highest BCUT2D eigenvalue weighted by atomic mass is 79.9. The van der Waals surface area contributed by atoms with E-state index in [-0.39, 0.29) is 5.82 Å². The van der Waals surface area contributed by atoms with Crippen LogP contribution in [-0.2, 0) is 4.84 Å². The number of oxime groups is 1. The number of nitrogens with zero attached hydrogens (tertiary/aromatic N) is 1. The fourth-order valence-corrected chi connectivity index (χ4v) is 1.05. The number of benzene rings is 1. The van der Waals surface area contributed by atoms with Gasteiger partial charge in [0.1, 0.15) is 12.9 Å². The smallest absolute Gasteiger partial charge is 0.133 e. The average Bonchev–Trinajstić information content (AvgIpc) is 2.03. The molecule has 0 amide bonds. The van der Waals surface area contributed by atoms with Crippen LogP contribution in [0.5, 0.6) is 0 Å². The molecule has 0 bridgehead atoms. The normalized spacial score (nSPS) is 10.6. The van der Waals surface area contributed by atoms with Gasteiger partial charge in [0.15, 0.2) is 0 Å². The van der Waals surface area contributed by atoms with E-state index >= 15 is 0 Å². The Hall–Kier alpha value is -0.900. The van der Waals surface area contributed by atoms with Crippen LogP contribution in [0.1, 0.15) is 5.56 Å². The Kier molecular flexibility index (Phi) is 3.22. The first-order valence-corrected chi connectivity index (χ1v) is 4.05. The summed E-state index contributed by atoms with van der Waals surface area (Å²) in [5.74, 6) is -0.329. The Morgan fingerprint density at radius 3 is 2.92 bits per heavy atom. The minimum Gasteiger partial charge on any atom is -0.399 e. The SMILES string of the molecule is CON=Cc1ccc(Br)cc1F. The standard InChI is InChI=1S/C8H7BrFNO/c1-12-11-5-6-2-3-7(9)4-8(6)10/h2-5H,1H3. The van der Waals surface area contributed by atoms with Gasteiger partial charge in [0, 0.05) is 10.0 Å². The zero-order valence-electron chi connectivity index (χ0n) is 6.42. The van der Waals surface area contributed by atoms with Crippen molar-refractivity contribution in [3.63, 3.8) is 0 Å². The van der Waals surface area contributed by atoms with Crippen LogP contribution < -0.4 is 0 Å². The minimum atomic E-state index is -0.329. The molecule has 2 nitrogen and oxygen atoms in total. The van der Waals surface area contributed by atoms with Crippen molar-refractivity contribution in [2.75, 3.05) is 7.11 Å². The average molecular weight is 232 g/mol. The van der Waals surface area contributed by atoms with E-state index in [2.05, 4.69) is 25.9 Å². The summed E-state index contributed by atoms with van der Waals surface area (Å²) >= 11 is 3.15. The number of hydrogen-bond donors (Lipinski definition) is 0. The van der Waals surface area contributed by atoms with E-state index in [1.165, 1.54) is 19.4 Å². The molecule has 0 saturated heterocycles. The molecule has 0 atom stereocenters. The van der Waals surface area contributed by atoms with Crippen LogP contribution in [0.25, 0.3) is 0 Å². The van der Waals surface area contributed by atoms with Crippen LogP contribution in [0.2, 0.25) is 0 Å². The number of halogens is 2. The van der Waals surface area contributed by atoms with E-state index < -0.39 is 0 Å². The molecule has 12 heavy (non-hydrogen) atoms. The summed E-state index contributed by atoms with van der Waals surface area (Å²) in [6.07, 6.45) is 1.32. The van der Waals surface area contributed by atoms with Gasteiger partial charge >= 0.3 is 0 Å². The molecule has 1 rings (SSSR count). The summed E-state index contributed by atoms with van der Waals surface area (Å²) in [5, 5.41) is 3.45. The molecular formula is C8H7BrFNO. The largest absolute Gasteiger partial charge is 0.399 e. The lowest BCUT2D eigenvalue weighted by atomic mass is 10.2. The predicted octanol–water partition coefficient (Wildman–Crippen LogP) is 2.57. The second-order valence-corrected chi connectivity index (χ2v) is 3.00. The topological polar surface area (TPSA) is 21.6 Å². The van der Waals surface area contributed by atoms with Crippen molar-refractivity contribution in [2.24, 2.45) is 5.16 Å². The van der Waals surface area contributed by atoms with Crippen molar-refractivity contribution in [3.05, 3.63) is 34.1 Å². The molecule has 0 aliphatic heterocycles. The van der Waals surface area contributed by atoms with Gasteiger partial charge in [0.05, 0.1) is 6.21 Å². The highest BCUT2D eigenvalue weighted by molar-refractivity contribution is 9.10. The number of hydrogen-bond acceptors (Lipinski definition) is 2. The van der Waals surface area contributed by atoms with Crippen molar-refractivity contribution >= 4 is 22.1 Å². The predicted molar refractivity (Wildman–Crippen MR) is 48.7 cm³/mol. The second-order valence-electron chi connectivity index (χ2n) is 2.08. The molecule has 0 unspecified atom stereocenters. The molecule has 0 aromatic heterocycles. The van der Waals surface area contributed by atoms with Gasteiger partial charge in [-0.2, -0.15) is 0 Å². The first-order chi connectivity index (χ1) is 5.74. The summed E-state index contributed by atoms with van der Waals surface area (Å²) in [6.45, 7) is 0. The van der Waals surface area contributed by atoms with Gasteiger partial charge in [-0.15, -0.1) is 0 Å². The molecule has 0 aliphatic rings. The molecule has 0 N–H and O–H groups in total. The summed E-state index contributed by atoms with van der Waals surface area (Å²) < 4.78 is 13.7. The lowest BCUT2D eigenvalue weighted by molar-refractivity contribution is 0.215. The lowest BCUT2D eigenvalue weighted by Gasteiger charge is -1.95. The molecule has 0 spiro atoms. The highest BCUT2D eigenvalue weighted by Gasteiger charge is 1.98. The van der Waals surface area contributed by atoms with Crippen molar-refractivity contribution in [1.82, 2.24) is 0 Å². The van der Waals surface area contributed by atoms with Gasteiger partial charge in [-0.05, 0) is 18.2 Å². The Morgan fingerprint density at radius 2 is 2.33 bits per heavy atom. The van der Waals surface area contributed by atoms with Crippen molar-refractivity contribution < 1.29 is 9.23 Å². The molecule has 64 valence electrons. The molecule has 1 aromatic rings. The Labute approximate surface area is 78.2 Å². The molecule has 0 saturated carbocycles. The molecular weight excluding hydrogens is 225 g/mol. The van der Waals surface area contributed by atoms with Crippen LogP contribution in [0.15, 0.2) is 27.8 Å². The van der Waals surface area contributed by atoms with Crippen molar-refractivity contribution in [1.29, 1.82) is 0 Å². The van der Waals surface area contributed by atoms with Gasteiger partial charge in [-0.25, -0.2) is 4.39 Å². The summed E-state index contributed by atoms with van der Waals surface area (Å²) in [5.41, 5.74) is 0.403. The molecule has 0 aliphatic carbocycles. The molecule has 4 heteroatoms. The van der Waals surface area contributed by atoms with Gasteiger partial charge in [-0.3, -0.25) is 0 Å². The zero-order chi connectivity index (χ0) is 8.97. The summed E-state index contributed by atoms with van der Waals surface area (Å²) in [6, 6.07) is 4.72. The Morgan fingerprint density at radius 1 is 1.58 bits per heavy atom. The number of rotatable bonds is 2. The zero-order valence-corrected chi connectivity index (χ0v) is 8.01. The summed E-state index contributed by atoms with van der Waals surface area (Å²) in [4.78, 5) is 4.42. The maximum Gasteiger partial charge on any atom is 0.133 e. The van der Waals surface area contributed by atoms with Gasteiger partial charge < -0.3 is 4.84 Å². The van der Waals surface area contributed by atoms with Gasteiger partial charge in [-0.1, -0.05) is 21.1 Å². The first-order valence-electron chi connectivity index (χ1n) is 3.25. The van der Waals surface area contributed by atoms with Crippen LogP contribution in [0, 0.1) is 5.82 Å². The maximum absolute atomic E-state index is 13.0. The molecule has 1 aromatic carbocycles. The van der Waals surface area contributed by atoms with Crippen LogP contribution in [0.3, 0.4) is 0 Å². The van der Waals surface area contributed by atoms with E-state index in [0.29, 0.717) is 10.0 Å². The van der Waals surface area contributed by atoms with E-state index in [9.17, 15) is 4.39 Å². The van der Waals surface area contributed by atoms with Crippen LogP contribution >= 0.6 is 15.9 Å². The highest BCUT2D eigenvalue weighted by Crippen LogP contribution is 2.13. The molecule has 0 heterocycles. The Bertz CT molecular complexity index is 301. The quantitative estimate of drug-likeness (QED) is 0.567. The van der Waals surface area contributed by atoms with E-state index in [1.54, 1.807) is 12.1 Å². The van der Waals surface area contributed by atoms with E-state index in [1.807, 2.05) is 0 Å². The lowest BCUT2D eigenvalue weighted by Crippen LogP contribution is -1.87. The fraction of sp³-hybridized carbons (Fsp3) is 0.125. The Balaban J connectivity index is 2.94. The van der Waals surface area contributed by atoms with Gasteiger partial charge in [0.25, 0.3) is 0 Å². The van der Waals surface area contributed by atoms with E-state index in [4.69, 9.17) is 0 Å². The third kappa shape index (κ3) is 2.30. The summed E-state index contributed by atoms with van der Waals surface area (Å²) in [7, 11) is 1.41. The fourth-order valence-electron chi connectivity index (χ4n) is 0.716. The third-order valence-corrected chi connectivity index (χ3v) is 1.75. The van der Waals surface area contributed by atoms with Crippen LogP contribution in [0.4, 0.5) is 4.39 Å². The van der Waals surface area contributed by atoms with Crippen molar-refractivity contribution in [2.45, 2.75) is 0 Å². The molecule has 0 fully saturated rings. The van der Waals surface area contributed by atoms with Crippen molar-refractivity contribution in [3.8, 4) is 0 Å². The van der Waals surface area contributed by atoms with Crippen LogP contribution in [-0.4, -0.2) is 13.3 Å². The second kappa shape index (κ2) is 4.21. The minimum absolute atomic E-state index is 0.329. The first kappa shape index (κ1) is 9.19. The van der Waals surface area contributed by atoms with E-state index in [0.717, 1.165) is 0 Å². The molecule has 0 radical (unpaired) electrons. The maximum atomic E-state index is 13.0. The van der Waals surface area contributed by atoms with Gasteiger partial charge in [0.2, 0.25) is 0 Å².